The number of carbonyl (C=O) groups is 2. The zero-order valence-corrected chi connectivity index (χ0v) is 14.1. The van der Waals surface area contributed by atoms with E-state index >= 15 is 0 Å². The van der Waals surface area contributed by atoms with Crippen molar-refractivity contribution < 1.29 is 24.2 Å². The quantitative estimate of drug-likeness (QED) is 0.618. The Kier molecular flexibility index (Phi) is 3.14. The number of aliphatic hydroxyl groups is 1. The number of esters is 2. The Balaban J connectivity index is 1.91. The normalized spacial score (nSPS) is 43.9. The average molecular weight is 330 g/mol. The minimum atomic E-state index is -0.667. The van der Waals surface area contributed by atoms with Gasteiger partial charge in [-0.05, 0) is 30.6 Å². The van der Waals surface area contributed by atoms with E-state index in [1.54, 1.807) is 6.08 Å². The van der Waals surface area contributed by atoms with Gasteiger partial charge in [0.15, 0.2) is 0 Å². The van der Waals surface area contributed by atoms with E-state index in [9.17, 15) is 14.7 Å². The van der Waals surface area contributed by atoms with E-state index < -0.39 is 11.5 Å². The van der Waals surface area contributed by atoms with Gasteiger partial charge in [0.25, 0.3) is 0 Å². The van der Waals surface area contributed by atoms with E-state index in [0.29, 0.717) is 0 Å². The molecule has 1 saturated heterocycles. The predicted octanol–water partition coefficient (Wildman–Crippen LogP) is 1.92. The molecule has 5 heteroatoms. The molecular weight excluding hydrogens is 308 g/mol. The number of fused-ring (bicyclic) bond motifs is 2. The topological polar surface area (TPSA) is 72.8 Å². The molecule has 4 rings (SSSR count). The molecular formula is C19H22O5. The molecule has 0 saturated carbocycles. The molecule has 6 atom stereocenters. The summed E-state index contributed by atoms with van der Waals surface area (Å²) >= 11 is 0. The van der Waals surface area contributed by atoms with Crippen LogP contribution in [0.15, 0.2) is 35.5 Å². The van der Waals surface area contributed by atoms with E-state index in [4.69, 9.17) is 9.47 Å². The van der Waals surface area contributed by atoms with Gasteiger partial charge >= 0.3 is 11.9 Å². The lowest BCUT2D eigenvalue weighted by molar-refractivity contribution is -0.146. The van der Waals surface area contributed by atoms with Gasteiger partial charge in [-0.2, -0.15) is 0 Å². The molecule has 0 bridgehead atoms. The van der Waals surface area contributed by atoms with E-state index in [1.165, 1.54) is 0 Å². The third-order valence-electron chi connectivity index (χ3n) is 6.24. The SMILES string of the molecule is C[C@H](CO)[C@H]1OC(=O)C=C2C1=C[C@H]1OC(=O)[C@@]3(C)C=CC[C@@]2(C)[C@@H]13. The molecule has 1 N–H and O–H groups in total. The lowest BCUT2D eigenvalue weighted by atomic mass is 9.51. The van der Waals surface area contributed by atoms with Gasteiger partial charge in [-0.15, -0.1) is 0 Å². The molecule has 128 valence electrons. The number of hydrogen-bond donors (Lipinski definition) is 1. The van der Waals surface area contributed by atoms with Gasteiger partial charge < -0.3 is 14.6 Å². The lowest BCUT2D eigenvalue weighted by Crippen LogP contribution is -2.50. The Labute approximate surface area is 141 Å². The first-order chi connectivity index (χ1) is 11.3. The van der Waals surface area contributed by atoms with Gasteiger partial charge in [0.1, 0.15) is 12.2 Å². The van der Waals surface area contributed by atoms with Crippen LogP contribution in [-0.2, 0) is 19.1 Å². The fourth-order valence-electron chi connectivity index (χ4n) is 5.02. The smallest absolute Gasteiger partial charge is 0.331 e. The first-order valence-electron chi connectivity index (χ1n) is 8.46. The lowest BCUT2D eigenvalue weighted by Gasteiger charge is -2.51. The number of cyclic esters (lactones) is 1. The van der Waals surface area contributed by atoms with E-state index in [2.05, 4.69) is 6.92 Å². The molecule has 2 aliphatic heterocycles. The number of ether oxygens (including phenoxy) is 2. The van der Waals surface area contributed by atoms with E-state index in [1.807, 2.05) is 32.1 Å². The highest BCUT2D eigenvalue weighted by Gasteiger charge is 2.64. The zero-order chi connectivity index (χ0) is 17.3. The van der Waals surface area contributed by atoms with Crippen LogP contribution in [0.3, 0.4) is 0 Å². The molecule has 0 spiro atoms. The minimum Gasteiger partial charge on any atom is -0.457 e. The highest BCUT2D eigenvalue weighted by atomic mass is 16.6. The summed E-state index contributed by atoms with van der Waals surface area (Å²) in [6.45, 7) is 5.79. The number of allylic oxidation sites excluding steroid dienone is 1. The molecule has 2 aliphatic carbocycles. The van der Waals surface area contributed by atoms with Gasteiger partial charge in [0.05, 0.1) is 5.41 Å². The molecule has 1 fully saturated rings. The van der Waals surface area contributed by atoms with Crippen LogP contribution in [0.25, 0.3) is 0 Å². The van der Waals surface area contributed by atoms with Crippen molar-refractivity contribution in [2.75, 3.05) is 6.61 Å². The fourth-order valence-corrected chi connectivity index (χ4v) is 5.02. The van der Waals surface area contributed by atoms with Gasteiger partial charge in [-0.1, -0.05) is 26.0 Å². The van der Waals surface area contributed by atoms with Crippen molar-refractivity contribution in [3.63, 3.8) is 0 Å². The second-order valence-corrected chi connectivity index (χ2v) is 7.85. The van der Waals surface area contributed by atoms with Crippen LogP contribution in [0.4, 0.5) is 0 Å². The fraction of sp³-hybridized carbons (Fsp3) is 0.579. The summed E-state index contributed by atoms with van der Waals surface area (Å²) in [5, 5.41) is 9.54. The summed E-state index contributed by atoms with van der Waals surface area (Å²) in [5.74, 6) is -0.844. The number of carbonyl (C=O) groups excluding carboxylic acids is 2. The van der Waals surface area contributed by atoms with E-state index in [0.717, 1.165) is 17.6 Å². The summed E-state index contributed by atoms with van der Waals surface area (Å²) < 4.78 is 11.2. The van der Waals surface area contributed by atoms with Crippen LogP contribution in [0.1, 0.15) is 27.2 Å². The molecule has 0 aromatic carbocycles. The average Bonchev–Trinajstić information content (AvgIpc) is 2.79. The van der Waals surface area contributed by atoms with Crippen molar-refractivity contribution in [1.82, 2.24) is 0 Å². The van der Waals surface area contributed by atoms with Crippen LogP contribution >= 0.6 is 0 Å². The van der Waals surface area contributed by atoms with E-state index in [-0.39, 0.29) is 41.9 Å². The van der Waals surface area contributed by atoms with Gasteiger partial charge in [0, 0.05) is 29.9 Å². The maximum atomic E-state index is 12.5. The van der Waals surface area contributed by atoms with Gasteiger partial charge in [0.2, 0.25) is 0 Å². The molecule has 0 amide bonds. The molecule has 4 aliphatic rings. The molecule has 0 radical (unpaired) electrons. The largest absolute Gasteiger partial charge is 0.457 e. The number of hydrogen-bond acceptors (Lipinski definition) is 5. The Morgan fingerprint density at radius 2 is 2.08 bits per heavy atom. The van der Waals surface area contributed by atoms with Crippen LogP contribution < -0.4 is 0 Å². The zero-order valence-electron chi connectivity index (χ0n) is 14.1. The second-order valence-electron chi connectivity index (χ2n) is 7.85. The summed E-state index contributed by atoms with van der Waals surface area (Å²) in [7, 11) is 0. The number of rotatable bonds is 2. The van der Waals surface area contributed by atoms with Crippen molar-refractivity contribution >= 4 is 11.9 Å². The van der Waals surface area contributed by atoms with Crippen molar-refractivity contribution in [2.45, 2.75) is 39.4 Å². The van der Waals surface area contributed by atoms with Crippen molar-refractivity contribution in [3.05, 3.63) is 35.5 Å². The van der Waals surface area contributed by atoms with Crippen molar-refractivity contribution in [2.24, 2.45) is 22.7 Å². The third-order valence-corrected chi connectivity index (χ3v) is 6.24. The maximum absolute atomic E-state index is 12.5. The van der Waals surface area contributed by atoms with Crippen LogP contribution in [0.2, 0.25) is 0 Å². The Hall–Kier alpha value is -1.88. The second kappa shape index (κ2) is 4.82. The first-order valence-corrected chi connectivity index (χ1v) is 8.46. The summed E-state index contributed by atoms with van der Waals surface area (Å²) in [6, 6.07) is 0. The molecule has 2 heterocycles. The van der Waals surface area contributed by atoms with Crippen LogP contribution in [-0.4, -0.2) is 35.9 Å². The van der Waals surface area contributed by atoms with Crippen molar-refractivity contribution in [1.29, 1.82) is 0 Å². The van der Waals surface area contributed by atoms with Gasteiger partial charge in [-0.3, -0.25) is 4.79 Å². The molecule has 0 aromatic rings. The Morgan fingerprint density at radius 3 is 2.79 bits per heavy atom. The standard InChI is InChI=1S/C19H22O5/c1-10(9-20)15-11-7-13-16-18(2,12(11)8-14(21)24-15)5-4-6-19(16,3)17(22)23-13/h4,6-8,10,13,15-16,20H,5,9H2,1-3H3/t10-,13-,15-,16-,18-,19+/m1/s1. The summed E-state index contributed by atoms with van der Waals surface area (Å²) in [6.07, 6.45) is 7.39. The molecule has 24 heavy (non-hydrogen) atoms. The van der Waals surface area contributed by atoms with Crippen LogP contribution in [0.5, 0.6) is 0 Å². The predicted molar refractivity (Wildman–Crippen MR) is 85.6 cm³/mol. The maximum Gasteiger partial charge on any atom is 0.331 e. The van der Waals surface area contributed by atoms with Crippen molar-refractivity contribution in [3.8, 4) is 0 Å². The highest BCUT2D eigenvalue weighted by molar-refractivity contribution is 5.88. The third kappa shape index (κ3) is 1.79. The Bertz CT molecular complexity index is 717. The molecule has 0 aromatic heterocycles. The monoisotopic (exact) mass is 330 g/mol. The number of aliphatic hydroxyl groups excluding tert-OH is 1. The first kappa shape index (κ1) is 15.6. The molecule has 5 nitrogen and oxygen atoms in total. The summed E-state index contributed by atoms with van der Waals surface area (Å²) in [4.78, 5) is 24.7. The molecule has 0 unspecified atom stereocenters. The highest BCUT2D eigenvalue weighted by Crippen LogP contribution is 2.62. The minimum absolute atomic E-state index is 0.0338. The van der Waals surface area contributed by atoms with Gasteiger partial charge in [-0.25, -0.2) is 4.79 Å². The Morgan fingerprint density at radius 1 is 1.33 bits per heavy atom. The summed E-state index contributed by atoms with van der Waals surface area (Å²) in [5.41, 5.74) is 0.781. The van der Waals surface area contributed by atoms with Crippen LogP contribution in [0, 0.1) is 22.7 Å².